The number of aryl methyl sites for hydroxylation is 2. The number of fused-ring (bicyclic) bond motifs is 2. The lowest BCUT2D eigenvalue weighted by atomic mass is 9.90. The van der Waals surface area contributed by atoms with Crippen molar-refractivity contribution < 1.29 is 34.2 Å². The van der Waals surface area contributed by atoms with Gasteiger partial charge in [0.25, 0.3) is 12.4 Å². The second-order valence-corrected chi connectivity index (χ2v) is 20.8. The fourth-order valence-electron chi connectivity index (χ4n) is 11.7. The van der Waals surface area contributed by atoms with Crippen molar-refractivity contribution in [2.24, 2.45) is 24.8 Å². The minimum Gasteiger partial charge on any atom is -0.483 e. The van der Waals surface area contributed by atoms with Crippen LogP contribution in [0, 0.1) is 36.5 Å². The summed E-state index contributed by atoms with van der Waals surface area (Å²) in [5.41, 5.74) is 6.48. The Morgan fingerprint density at radius 3 is 2.28 bits per heavy atom. The summed E-state index contributed by atoms with van der Waals surface area (Å²) in [6.07, 6.45) is 5.73. The number of aromatic nitrogens is 2. The topological polar surface area (TPSA) is 211 Å². The summed E-state index contributed by atoms with van der Waals surface area (Å²) < 4.78 is 3.08. The van der Waals surface area contributed by atoms with Gasteiger partial charge in [0.15, 0.2) is 0 Å². The average molecular weight is 1010 g/mol. The van der Waals surface area contributed by atoms with E-state index >= 15 is 0 Å². The molecule has 6 heterocycles. The van der Waals surface area contributed by atoms with E-state index in [9.17, 15) is 29.1 Å². The van der Waals surface area contributed by atoms with Gasteiger partial charge in [0.05, 0.1) is 29.2 Å². The maximum atomic E-state index is 13.8. The summed E-state index contributed by atoms with van der Waals surface area (Å²) in [5.74, 6) is 7.50. The van der Waals surface area contributed by atoms with E-state index in [0.29, 0.717) is 42.4 Å². The molecule has 0 bridgehead atoms. The van der Waals surface area contributed by atoms with E-state index in [0.717, 1.165) is 129 Å². The number of nitrogens with one attached hydrogen (secondary N) is 4. The second kappa shape index (κ2) is 23.0. The number of imide groups is 1. The first kappa shape index (κ1) is 51.9. The molecule has 4 amide bonds. The highest BCUT2D eigenvalue weighted by atomic mass is 16.3. The van der Waals surface area contributed by atoms with Crippen LogP contribution in [0.1, 0.15) is 97.4 Å². The van der Waals surface area contributed by atoms with Gasteiger partial charge in [-0.2, -0.15) is 0 Å². The molecule has 5 aliphatic heterocycles. The summed E-state index contributed by atoms with van der Waals surface area (Å²) >= 11 is 0. The van der Waals surface area contributed by atoms with E-state index in [1.165, 1.54) is 4.57 Å². The number of benzene rings is 4. The summed E-state index contributed by atoms with van der Waals surface area (Å²) in [5, 5.41) is 31.5. The van der Waals surface area contributed by atoms with Crippen molar-refractivity contribution >= 4 is 63.3 Å². The first-order valence-electron chi connectivity index (χ1n) is 26.3. The maximum Gasteiger partial charge on any atom is 0.329 e. The van der Waals surface area contributed by atoms with Crippen LogP contribution >= 0.6 is 0 Å². The molecule has 0 saturated carbocycles. The van der Waals surface area contributed by atoms with Crippen LogP contribution in [0.15, 0.2) is 77.6 Å². The first-order chi connectivity index (χ1) is 35.8. The van der Waals surface area contributed by atoms with Gasteiger partial charge in [0.2, 0.25) is 17.7 Å². The van der Waals surface area contributed by atoms with Gasteiger partial charge in [0, 0.05) is 93.6 Å². The largest absolute Gasteiger partial charge is 0.483 e. The monoisotopic (exact) mass is 1010 g/mol. The van der Waals surface area contributed by atoms with Crippen LogP contribution in [0.4, 0.5) is 11.4 Å². The first-order valence-corrected chi connectivity index (χ1v) is 26.3. The third kappa shape index (κ3) is 11.4. The molecule has 17 nitrogen and oxygen atoms in total. The number of carbonyl (C=O) groups excluding carboxylic acids is 4. The lowest BCUT2D eigenvalue weighted by Crippen LogP contribution is -2.47. The number of carbonyl (C=O) groups is 5. The molecule has 5 aliphatic rings. The van der Waals surface area contributed by atoms with Crippen LogP contribution in [0.25, 0.3) is 21.8 Å². The number of rotatable bonds is 10. The molecule has 0 spiro atoms. The number of hydrogen-bond donors (Lipinski definition) is 6. The zero-order valence-electron chi connectivity index (χ0n) is 42.6. The Morgan fingerprint density at radius 2 is 1.58 bits per heavy atom. The molecular weight excluding hydrogens is 939 g/mol. The van der Waals surface area contributed by atoms with Crippen LogP contribution in [-0.2, 0) is 26.2 Å². The summed E-state index contributed by atoms with van der Waals surface area (Å²) in [6.45, 7) is 11.2. The smallest absolute Gasteiger partial charge is 0.329 e. The van der Waals surface area contributed by atoms with E-state index in [4.69, 9.17) is 9.90 Å². The lowest BCUT2D eigenvalue weighted by Gasteiger charge is -2.39. The summed E-state index contributed by atoms with van der Waals surface area (Å²) in [7, 11) is 1.71. The molecule has 1 aromatic heterocycles. The number of amides is 4. The van der Waals surface area contributed by atoms with E-state index in [1.54, 1.807) is 11.6 Å². The third-order valence-corrected chi connectivity index (χ3v) is 16.0. The van der Waals surface area contributed by atoms with Crippen LogP contribution < -0.4 is 31.9 Å². The van der Waals surface area contributed by atoms with Crippen molar-refractivity contribution in [1.82, 2.24) is 34.9 Å². The van der Waals surface area contributed by atoms with Gasteiger partial charge in [-0.05, 0) is 136 Å². The van der Waals surface area contributed by atoms with Crippen molar-refractivity contribution in [2.45, 2.75) is 89.4 Å². The summed E-state index contributed by atoms with van der Waals surface area (Å²) in [4.78, 5) is 80.5. The number of imidazole rings is 1. The molecule has 4 atom stereocenters. The Hall–Kier alpha value is -7.00. The van der Waals surface area contributed by atoms with Gasteiger partial charge in [0.1, 0.15) is 6.04 Å². The Kier molecular flexibility index (Phi) is 16.2. The van der Waals surface area contributed by atoms with Crippen LogP contribution in [-0.4, -0.2) is 130 Å². The number of aliphatic hydroxyl groups excluding tert-OH is 1. The standard InChI is InChI=1S/C56H67N9O6.CH2O2/c1-35-8-12-41(59-47-32-57-33-51(47)66)30-46(35)53(68)58-36(2)43-14-11-39(44-6-4-5-7-45(43)44)10-9-37-18-24-62(25-19-37)34-38-20-26-64(27-21-38)55(70)40-22-28-63(29-23-40)42-13-15-48-50(31-42)61(3)56(71)65(48)49-16-17-52(67)60-54(49)69;2-1-3/h4-8,11-15,30-31,36-38,40,47,49,51,57,59,66H,16-29,32-34H2,1-3H3,(H,58,68)(H,60,67,69);1H,(H,2,3)/t36-,47+,49?,51-;/m1./s1. The minimum absolute atomic E-state index is 0.00967. The third-order valence-electron chi connectivity index (χ3n) is 16.0. The van der Waals surface area contributed by atoms with Crippen molar-refractivity contribution in [3.63, 3.8) is 0 Å². The predicted molar refractivity (Wildman–Crippen MR) is 285 cm³/mol. The van der Waals surface area contributed by atoms with E-state index < -0.39 is 18.1 Å². The highest BCUT2D eigenvalue weighted by Crippen LogP contribution is 2.32. The quantitative estimate of drug-likeness (QED) is 0.0625. The Bertz CT molecular complexity index is 3020. The number of aliphatic hydroxyl groups is 1. The molecule has 5 saturated heterocycles. The number of hydrogen-bond acceptors (Lipinski definition) is 11. The molecule has 5 aromatic rings. The molecule has 74 heavy (non-hydrogen) atoms. The van der Waals surface area contributed by atoms with Crippen LogP contribution in [0.5, 0.6) is 0 Å². The molecular formula is C57H69N9O8. The summed E-state index contributed by atoms with van der Waals surface area (Å²) in [6, 6.07) is 23.1. The zero-order valence-corrected chi connectivity index (χ0v) is 42.6. The number of β-amino-alcohol motifs (C(OH)–C–C–N with tert-alkyl or cyclic N) is 1. The van der Waals surface area contributed by atoms with Gasteiger partial charge < -0.3 is 40.9 Å². The van der Waals surface area contributed by atoms with E-state index in [-0.39, 0.29) is 54.3 Å². The second-order valence-electron chi connectivity index (χ2n) is 20.8. The molecule has 1 unspecified atom stereocenters. The van der Waals surface area contributed by atoms with Crippen LogP contribution in [0.3, 0.4) is 0 Å². The SMILES string of the molecule is Cc1ccc(N[C@H]2CNC[C@H]2O)cc1C(=O)N[C@H](C)c1ccc(C#CC2CCN(CC3CCN(C(=O)C4CCN(c5ccc6c(c5)n(C)c(=O)n6C5CCC(=O)NC5=O)CC4)CC3)CC2)c2ccccc12.O=CO. The molecule has 4 aromatic carbocycles. The normalized spacial score (nSPS) is 21.6. The number of likely N-dealkylation sites (tertiary alicyclic amines) is 2. The number of piperidine rings is 4. The highest BCUT2D eigenvalue weighted by molar-refractivity contribution is 6.00. The molecule has 390 valence electrons. The molecule has 5 fully saturated rings. The van der Waals surface area contributed by atoms with Gasteiger partial charge in [-0.15, -0.1) is 0 Å². The predicted octanol–water partition coefficient (Wildman–Crippen LogP) is 4.93. The number of carboxylic acid groups (broad SMARTS) is 1. The van der Waals surface area contributed by atoms with Crippen molar-refractivity contribution in [1.29, 1.82) is 0 Å². The number of anilines is 2. The van der Waals surface area contributed by atoms with Crippen molar-refractivity contribution in [3.8, 4) is 11.8 Å². The molecule has 0 radical (unpaired) electrons. The Balaban J connectivity index is 0.00000219. The van der Waals surface area contributed by atoms with E-state index in [1.807, 2.05) is 62.4 Å². The highest BCUT2D eigenvalue weighted by Gasteiger charge is 2.34. The maximum absolute atomic E-state index is 13.8. The average Bonchev–Trinajstić information content (AvgIpc) is 3.93. The number of nitrogens with zero attached hydrogens (tertiary/aromatic N) is 5. The van der Waals surface area contributed by atoms with Crippen molar-refractivity contribution in [3.05, 3.63) is 106 Å². The van der Waals surface area contributed by atoms with Crippen LogP contribution in [0.2, 0.25) is 0 Å². The Labute approximate surface area is 431 Å². The molecule has 10 rings (SSSR count). The lowest BCUT2D eigenvalue weighted by molar-refractivity contribution is -0.138. The fraction of sp³-hybridized carbons (Fsp3) is 0.474. The van der Waals surface area contributed by atoms with Gasteiger partial charge in [-0.3, -0.25) is 38.4 Å². The Morgan fingerprint density at radius 1 is 0.851 bits per heavy atom. The van der Waals surface area contributed by atoms with Gasteiger partial charge >= 0.3 is 5.69 Å². The zero-order chi connectivity index (χ0) is 52.0. The minimum atomic E-state index is -0.716. The van der Waals surface area contributed by atoms with Gasteiger partial charge in [-0.1, -0.05) is 48.2 Å². The fourth-order valence-corrected chi connectivity index (χ4v) is 11.7. The molecule has 0 aliphatic carbocycles. The molecule has 17 heteroatoms. The van der Waals surface area contributed by atoms with Gasteiger partial charge in [-0.25, -0.2) is 4.79 Å². The van der Waals surface area contributed by atoms with E-state index in [2.05, 4.69) is 72.1 Å². The van der Waals surface area contributed by atoms with Crippen molar-refractivity contribution in [2.75, 3.05) is 69.1 Å². The molecule has 6 N–H and O–H groups in total.